The van der Waals surface area contributed by atoms with E-state index in [0.717, 1.165) is 22.4 Å². The second-order valence-electron chi connectivity index (χ2n) is 6.85. The summed E-state index contributed by atoms with van der Waals surface area (Å²) in [5.74, 6) is 0. The van der Waals surface area contributed by atoms with Crippen molar-refractivity contribution in [3.05, 3.63) is 77.5 Å². The molecule has 0 fully saturated rings. The Balaban J connectivity index is 1.59. The molecule has 3 aromatic rings. The molecular formula is C21H20N6O2. The lowest BCUT2D eigenvalue weighted by atomic mass is 10.0. The Labute approximate surface area is 167 Å². The fraction of sp³-hybridized carbons (Fsp3) is 0.190. The van der Waals surface area contributed by atoms with E-state index in [-0.39, 0.29) is 0 Å². The second kappa shape index (κ2) is 7.85. The SMILES string of the molecule is Cc1nnc(C2=CNC(O)NC2O)cc1-c1ccn(Cc2ccc(C#N)cc2)c1. The Hall–Kier alpha value is -3.51. The van der Waals surface area contributed by atoms with E-state index in [2.05, 4.69) is 31.5 Å². The molecule has 0 radical (unpaired) electrons. The van der Waals surface area contributed by atoms with Crippen molar-refractivity contribution in [3.8, 4) is 17.2 Å². The van der Waals surface area contributed by atoms with Crippen LogP contribution in [0.5, 0.6) is 0 Å². The van der Waals surface area contributed by atoms with Gasteiger partial charge in [0.25, 0.3) is 0 Å². The quantitative estimate of drug-likeness (QED) is 0.532. The first-order valence-electron chi connectivity index (χ1n) is 9.11. The zero-order valence-electron chi connectivity index (χ0n) is 15.7. The highest BCUT2D eigenvalue weighted by molar-refractivity contribution is 5.72. The summed E-state index contributed by atoms with van der Waals surface area (Å²) >= 11 is 0. The van der Waals surface area contributed by atoms with E-state index in [1.807, 2.05) is 55.7 Å². The van der Waals surface area contributed by atoms with Crippen LogP contribution in [0.1, 0.15) is 22.5 Å². The Kier molecular flexibility index (Phi) is 5.10. The molecule has 4 rings (SSSR count). The van der Waals surface area contributed by atoms with Gasteiger partial charge in [0.05, 0.1) is 23.0 Å². The van der Waals surface area contributed by atoms with E-state index in [1.165, 1.54) is 6.20 Å². The van der Waals surface area contributed by atoms with E-state index in [0.29, 0.717) is 23.4 Å². The fourth-order valence-electron chi connectivity index (χ4n) is 3.23. The van der Waals surface area contributed by atoms with Gasteiger partial charge in [0.2, 0.25) is 0 Å². The van der Waals surface area contributed by atoms with Gasteiger partial charge in [0.15, 0.2) is 6.35 Å². The van der Waals surface area contributed by atoms with Crippen molar-refractivity contribution in [2.75, 3.05) is 0 Å². The fourth-order valence-corrected chi connectivity index (χ4v) is 3.23. The summed E-state index contributed by atoms with van der Waals surface area (Å²) in [6.07, 6.45) is 3.49. The molecule has 2 atom stereocenters. The standard InChI is InChI=1S/C21H20N6O2/c1-13-17(8-19(26-25-13)18-10-23-21(29)24-20(18)28)16-6-7-27(12-16)11-15-4-2-14(9-22)3-5-15/h2-8,10,12,20-21,23-24,28-29H,11H2,1H3. The van der Waals surface area contributed by atoms with Gasteiger partial charge in [-0.2, -0.15) is 15.5 Å². The number of nitrogens with zero attached hydrogens (tertiary/aromatic N) is 4. The van der Waals surface area contributed by atoms with Crippen molar-refractivity contribution < 1.29 is 10.2 Å². The minimum absolute atomic E-state index is 0.501. The molecule has 29 heavy (non-hydrogen) atoms. The molecule has 2 unspecified atom stereocenters. The van der Waals surface area contributed by atoms with Gasteiger partial charge in [-0.3, -0.25) is 0 Å². The van der Waals surface area contributed by atoms with Crippen LogP contribution in [0.3, 0.4) is 0 Å². The number of nitrogens with one attached hydrogen (secondary N) is 2. The molecule has 0 aliphatic carbocycles. The number of hydrogen-bond acceptors (Lipinski definition) is 7. The zero-order chi connectivity index (χ0) is 20.4. The maximum absolute atomic E-state index is 10.2. The lowest BCUT2D eigenvalue weighted by Gasteiger charge is -2.25. The van der Waals surface area contributed by atoms with Crippen LogP contribution in [-0.4, -0.2) is 37.6 Å². The average molecular weight is 388 g/mol. The van der Waals surface area contributed by atoms with Crippen molar-refractivity contribution in [1.82, 2.24) is 25.4 Å². The largest absolute Gasteiger partial charge is 0.374 e. The maximum Gasteiger partial charge on any atom is 0.183 e. The Morgan fingerprint density at radius 3 is 2.69 bits per heavy atom. The van der Waals surface area contributed by atoms with Gasteiger partial charge in [-0.05, 0) is 36.8 Å². The second-order valence-corrected chi connectivity index (χ2v) is 6.85. The molecule has 0 spiro atoms. The van der Waals surface area contributed by atoms with Crippen LogP contribution in [0, 0.1) is 18.3 Å². The van der Waals surface area contributed by atoms with E-state index < -0.39 is 12.6 Å². The highest BCUT2D eigenvalue weighted by Gasteiger charge is 2.22. The van der Waals surface area contributed by atoms with Gasteiger partial charge in [-0.1, -0.05) is 12.1 Å². The van der Waals surface area contributed by atoms with Crippen LogP contribution in [0.4, 0.5) is 0 Å². The Morgan fingerprint density at radius 2 is 1.97 bits per heavy atom. The smallest absolute Gasteiger partial charge is 0.183 e. The van der Waals surface area contributed by atoms with Gasteiger partial charge in [-0.25, -0.2) is 5.32 Å². The van der Waals surface area contributed by atoms with E-state index in [1.54, 1.807) is 0 Å². The number of aryl methyl sites for hydroxylation is 1. The Morgan fingerprint density at radius 1 is 1.17 bits per heavy atom. The summed E-state index contributed by atoms with van der Waals surface area (Å²) in [4.78, 5) is 0. The number of aliphatic hydroxyl groups is 2. The molecule has 3 heterocycles. The molecule has 0 bridgehead atoms. The molecule has 1 aromatic carbocycles. The lowest BCUT2D eigenvalue weighted by Crippen LogP contribution is -2.49. The zero-order valence-corrected chi connectivity index (χ0v) is 15.7. The van der Waals surface area contributed by atoms with Crippen LogP contribution in [0.15, 0.2) is 55.0 Å². The van der Waals surface area contributed by atoms with E-state index in [4.69, 9.17) is 5.26 Å². The van der Waals surface area contributed by atoms with Gasteiger partial charge < -0.3 is 20.1 Å². The average Bonchev–Trinajstić information content (AvgIpc) is 3.17. The number of hydrogen-bond donors (Lipinski definition) is 4. The first-order chi connectivity index (χ1) is 14.0. The monoisotopic (exact) mass is 388 g/mol. The number of aromatic nitrogens is 3. The predicted molar refractivity (Wildman–Crippen MR) is 107 cm³/mol. The maximum atomic E-state index is 10.2. The third-order valence-corrected chi connectivity index (χ3v) is 4.79. The topological polar surface area (TPSA) is 119 Å². The van der Waals surface area contributed by atoms with Crippen molar-refractivity contribution in [1.29, 1.82) is 5.26 Å². The Bertz CT molecular complexity index is 1100. The normalized spacial score (nSPS) is 18.6. The summed E-state index contributed by atoms with van der Waals surface area (Å²) in [5, 5.41) is 42.3. The summed E-state index contributed by atoms with van der Waals surface area (Å²) in [6.45, 7) is 2.57. The minimum atomic E-state index is -1.04. The summed E-state index contributed by atoms with van der Waals surface area (Å²) in [7, 11) is 0. The van der Waals surface area contributed by atoms with Crippen LogP contribution in [-0.2, 0) is 6.54 Å². The molecule has 0 saturated carbocycles. The molecule has 8 heteroatoms. The molecule has 1 aliphatic rings. The van der Waals surface area contributed by atoms with Gasteiger partial charge in [0.1, 0.15) is 6.23 Å². The molecule has 2 aromatic heterocycles. The molecule has 8 nitrogen and oxygen atoms in total. The summed E-state index contributed by atoms with van der Waals surface area (Å²) in [6, 6.07) is 13.5. The van der Waals surface area contributed by atoms with E-state index in [9.17, 15) is 10.2 Å². The predicted octanol–water partition coefficient (Wildman–Crippen LogP) is 1.30. The number of rotatable bonds is 4. The molecule has 0 saturated heterocycles. The summed E-state index contributed by atoms with van der Waals surface area (Å²) in [5.41, 5.74) is 5.43. The number of nitriles is 1. The van der Waals surface area contributed by atoms with Gasteiger partial charge >= 0.3 is 0 Å². The molecule has 1 aliphatic heterocycles. The third-order valence-electron chi connectivity index (χ3n) is 4.79. The van der Waals surface area contributed by atoms with Gasteiger partial charge in [-0.15, -0.1) is 0 Å². The van der Waals surface area contributed by atoms with Gasteiger partial charge in [0, 0.05) is 41.8 Å². The summed E-state index contributed by atoms with van der Waals surface area (Å²) < 4.78 is 2.06. The number of aliphatic hydroxyl groups excluding tert-OH is 2. The van der Waals surface area contributed by atoms with Crippen LogP contribution >= 0.6 is 0 Å². The van der Waals surface area contributed by atoms with Crippen LogP contribution in [0.25, 0.3) is 16.7 Å². The van der Waals surface area contributed by atoms with Crippen LogP contribution in [0.2, 0.25) is 0 Å². The third kappa shape index (κ3) is 4.02. The van der Waals surface area contributed by atoms with Crippen LogP contribution < -0.4 is 10.6 Å². The van der Waals surface area contributed by atoms with Crippen molar-refractivity contribution in [3.63, 3.8) is 0 Å². The molecule has 0 amide bonds. The van der Waals surface area contributed by atoms with Crippen molar-refractivity contribution >= 4 is 5.57 Å². The van der Waals surface area contributed by atoms with Crippen molar-refractivity contribution in [2.45, 2.75) is 26.0 Å². The minimum Gasteiger partial charge on any atom is -0.374 e. The molecule has 146 valence electrons. The molecule has 4 N–H and O–H groups in total. The number of benzene rings is 1. The van der Waals surface area contributed by atoms with E-state index >= 15 is 0 Å². The first-order valence-corrected chi connectivity index (χ1v) is 9.11. The first kappa shape index (κ1) is 18.8. The lowest BCUT2D eigenvalue weighted by molar-refractivity contribution is 0.0482. The highest BCUT2D eigenvalue weighted by atomic mass is 16.3. The highest BCUT2D eigenvalue weighted by Crippen LogP contribution is 2.26. The van der Waals surface area contributed by atoms with Crippen molar-refractivity contribution in [2.24, 2.45) is 0 Å². The molecular weight excluding hydrogens is 368 g/mol.